The van der Waals surface area contributed by atoms with E-state index < -0.39 is 0 Å². The average molecular weight is 309 g/mol. The van der Waals surface area contributed by atoms with E-state index in [1.165, 1.54) is 0 Å². The van der Waals surface area contributed by atoms with E-state index in [-0.39, 0.29) is 0 Å². The van der Waals surface area contributed by atoms with Gasteiger partial charge in [0.25, 0.3) is 0 Å². The fraction of sp³-hybridized carbons (Fsp3) is 0.250. The van der Waals surface area contributed by atoms with Crippen molar-refractivity contribution in [2.75, 3.05) is 18.9 Å². The third kappa shape index (κ3) is 1.50. The van der Waals surface area contributed by atoms with Gasteiger partial charge in [0.15, 0.2) is 11.5 Å². The summed E-state index contributed by atoms with van der Waals surface area (Å²) < 4.78 is 12.4. The largest absolute Gasteiger partial charge is 0.486 e. The molecule has 5 heteroatoms. The number of nitrogens with two attached hydrogens (primary N) is 1. The average Bonchev–Trinajstić information content (AvgIpc) is 2.15. The van der Waals surface area contributed by atoms with E-state index in [4.69, 9.17) is 15.2 Å². The Hall–Kier alpha value is -0.420. The number of ether oxygens (including phenoxy) is 2. The van der Waals surface area contributed by atoms with E-state index in [1.807, 2.05) is 6.07 Å². The highest BCUT2D eigenvalue weighted by Crippen LogP contribution is 2.44. The maximum absolute atomic E-state index is 5.78. The van der Waals surface area contributed by atoms with Gasteiger partial charge in [-0.15, -0.1) is 0 Å². The first kappa shape index (κ1) is 9.15. The molecule has 1 aliphatic heterocycles. The summed E-state index contributed by atoms with van der Waals surface area (Å²) in [6.45, 7) is 1.14. The van der Waals surface area contributed by atoms with Crippen LogP contribution >= 0.6 is 31.9 Å². The molecular weight excluding hydrogens is 302 g/mol. The van der Waals surface area contributed by atoms with E-state index in [1.54, 1.807) is 0 Å². The molecule has 0 aliphatic carbocycles. The van der Waals surface area contributed by atoms with E-state index in [0.717, 1.165) is 14.7 Å². The number of halogens is 2. The van der Waals surface area contributed by atoms with Gasteiger partial charge < -0.3 is 15.2 Å². The fourth-order valence-corrected chi connectivity index (χ4v) is 2.33. The lowest BCUT2D eigenvalue weighted by Gasteiger charge is -2.20. The van der Waals surface area contributed by atoms with Crippen LogP contribution in [0.3, 0.4) is 0 Å². The molecule has 0 spiro atoms. The molecule has 2 N–H and O–H groups in total. The van der Waals surface area contributed by atoms with Crippen LogP contribution in [0.5, 0.6) is 11.5 Å². The van der Waals surface area contributed by atoms with Gasteiger partial charge in [0.2, 0.25) is 0 Å². The molecule has 0 fully saturated rings. The van der Waals surface area contributed by atoms with E-state index in [9.17, 15) is 0 Å². The molecule has 0 aromatic heterocycles. The molecule has 1 aromatic rings. The topological polar surface area (TPSA) is 44.5 Å². The lowest BCUT2D eigenvalue weighted by atomic mass is 10.2. The number of benzene rings is 1. The Kier molecular flexibility index (Phi) is 2.38. The zero-order chi connectivity index (χ0) is 9.42. The predicted molar refractivity (Wildman–Crippen MR) is 57.2 cm³/mol. The van der Waals surface area contributed by atoms with Crippen molar-refractivity contribution in [2.24, 2.45) is 0 Å². The summed E-state index contributed by atoms with van der Waals surface area (Å²) in [5.74, 6) is 1.41. The number of fused-ring (bicyclic) bond motifs is 1. The lowest BCUT2D eigenvalue weighted by molar-refractivity contribution is 0.170. The second-order valence-electron chi connectivity index (χ2n) is 2.61. The first-order chi connectivity index (χ1) is 6.20. The molecule has 0 amide bonds. The van der Waals surface area contributed by atoms with Gasteiger partial charge in [-0.25, -0.2) is 0 Å². The molecule has 0 atom stereocenters. The van der Waals surface area contributed by atoms with Crippen molar-refractivity contribution in [1.82, 2.24) is 0 Å². The molecule has 3 nitrogen and oxygen atoms in total. The van der Waals surface area contributed by atoms with E-state index in [0.29, 0.717) is 24.7 Å². The van der Waals surface area contributed by atoms with E-state index >= 15 is 0 Å². The molecule has 0 bridgehead atoms. The number of anilines is 1. The van der Waals surface area contributed by atoms with Crippen molar-refractivity contribution in [3.63, 3.8) is 0 Å². The highest BCUT2D eigenvalue weighted by molar-refractivity contribution is 9.11. The number of hydrogen-bond acceptors (Lipinski definition) is 3. The van der Waals surface area contributed by atoms with Gasteiger partial charge in [-0.05, 0) is 31.9 Å². The number of rotatable bonds is 0. The number of nitrogen functional groups attached to an aromatic ring is 1. The summed E-state index contributed by atoms with van der Waals surface area (Å²) in [6, 6.07) is 1.81. The zero-order valence-corrected chi connectivity index (χ0v) is 9.81. The molecule has 0 saturated carbocycles. The van der Waals surface area contributed by atoms with Crippen molar-refractivity contribution >= 4 is 37.5 Å². The molecule has 1 aromatic carbocycles. The first-order valence-electron chi connectivity index (χ1n) is 3.73. The third-order valence-electron chi connectivity index (χ3n) is 1.76. The number of hydrogen-bond donors (Lipinski definition) is 1. The van der Waals surface area contributed by atoms with Crippen molar-refractivity contribution in [3.8, 4) is 11.5 Å². The van der Waals surface area contributed by atoms with Crippen LogP contribution in [0.1, 0.15) is 0 Å². The van der Waals surface area contributed by atoms with Gasteiger partial charge in [0.1, 0.15) is 13.2 Å². The minimum atomic E-state index is 0.562. The van der Waals surface area contributed by atoms with Crippen LogP contribution in [0.2, 0.25) is 0 Å². The summed E-state index contributed by atoms with van der Waals surface area (Å²) in [5.41, 5.74) is 6.41. The molecule has 13 heavy (non-hydrogen) atoms. The van der Waals surface area contributed by atoms with Crippen LogP contribution in [0.25, 0.3) is 0 Å². The Morgan fingerprint density at radius 1 is 1.23 bits per heavy atom. The monoisotopic (exact) mass is 307 g/mol. The van der Waals surface area contributed by atoms with Crippen LogP contribution in [0, 0.1) is 0 Å². The van der Waals surface area contributed by atoms with Crippen LogP contribution in [0.4, 0.5) is 5.69 Å². The van der Waals surface area contributed by atoms with Crippen LogP contribution in [0.15, 0.2) is 15.0 Å². The highest BCUT2D eigenvalue weighted by Gasteiger charge is 2.18. The minimum absolute atomic E-state index is 0.562. The first-order valence-corrected chi connectivity index (χ1v) is 5.32. The van der Waals surface area contributed by atoms with Gasteiger partial charge >= 0.3 is 0 Å². The van der Waals surface area contributed by atoms with Gasteiger partial charge in [0, 0.05) is 10.5 Å². The predicted octanol–water partition coefficient (Wildman–Crippen LogP) is 2.57. The Bertz CT molecular complexity index is 354. The van der Waals surface area contributed by atoms with Crippen LogP contribution in [-0.2, 0) is 0 Å². The fourth-order valence-electron chi connectivity index (χ4n) is 1.13. The normalized spacial score (nSPS) is 14.3. The third-order valence-corrected chi connectivity index (χ3v) is 3.21. The quantitative estimate of drug-likeness (QED) is 0.749. The van der Waals surface area contributed by atoms with E-state index in [2.05, 4.69) is 31.9 Å². The Labute approximate surface area is 92.5 Å². The molecule has 1 heterocycles. The van der Waals surface area contributed by atoms with Crippen molar-refractivity contribution < 1.29 is 9.47 Å². The maximum atomic E-state index is 5.78. The SMILES string of the molecule is Nc1c(Br)cc2c(c1Br)OCCO2. The maximum Gasteiger partial charge on any atom is 0.177 e. The molecule has 0 unspecified atom stereocenters. The van der Waals surface area contributed by atoms with Crippen molar-refractivity contribution in [2.45, 2.75) is 0 Å². The molecule has 0 saturated heterocycles. The standard InChI is InChI=1S/C8H7Br2NO2/c9-4-3-5-8(6(10)7(4)11)13-2-1-12-5/h3H,1-2,11H2. The van der Waals surface area contributed by atoms with Gasteiger partial charge in [-0.1, -0.05) is 0 Å². The van der Waals surface area contributed by atoms with Gasteiger partial charge in [0.05, 0.1) is 10.2 Å². The summed E-state index contributed by atoms with van der Waals surface area (Å²) in [4.78, 5) is 0. The minimum Gasteiger partial charge on any atom is -0.486 e. The summed E-state index contributed by atoms with van der Waals surface area (Å²) in [7, 11) is 0. The Balaban J connectivity index is 2.60. The van der Waals surface area contributed by atoms with Gasteiger partial charge in [-0.2, -0.15) is 0 Å². The molecule has 0 radical (unpaired) electrons. The van der Waals surface area contributed by atoms with Crippen LogP contribution < -0.4 is 15.2 Å². The van der Waals surface area contributed by atoms with Crippen molar-refractivity contribution in [1.29, 1.82) is 0 Å². The highest BCUT2D eigenvalue weighted by atomic mass is 79.9. The summed E-state index contributed by atoms with van der Waals surface area (Å²) in [5, 5.41) is 0. The Morgan fingerprint density at radius 3 is 2.69 bits per heavy atom. The molecular formula is C8H7Br2NO2. The second-order valence-corrected chi connectivity index (χ2v) is 4.26. The zero-order valence-electron chi connectivity index (χ0n) is 6.64. The molecule has 2 rings (SSSR count). The smallest absolute Gasteiger partial charge is 0.177 e. The van der Waals surface area contributed by atoms with Gasteiger partial charge in [-0.3, -0.25) is 0 Å². The molecule has 1 aliphatic rings. The summed E-state index contributed by atoms with van der Waals surface area (Å²) >= 11 is 6.69. The summed E-state index contributed by atoms with van der Waals surface area (Å²) in [6.07, 6.45) is 0. The Morgan fingerprint density at radius 2 is 1.92 bits per heavy atom. The molecule has 70 valence electrons. The lowest BCUT2D eigenvalue weighted by Crippen LogP contribution is -2.16. The van der Waals surface area contributed by atoms with Crippen LogP contribution in [-0.4, -0.2) is 13.2 Å². The second kappa shape index (κ2) is 3.38. The van der Waals surface area contributed by atoms with Crippen molar-refractivity contribution in [3.05, 3.63) is 15.0 Å².